The summed E-state index contributed by atoms with van der Waals surface area (Å²) in [6.45, 7) is 7.57. The highest BCUT2D eigenvalue weighted by atomic mass is 16.1. The van der Waals surface area contributed by atoms with Crippen molar-refractivity contribution in [3.05, 3.63) is 0 Å². The molecule has 0 atom stereocenters. The number of amides is 3. The first-order valence-corrected chi connectivity index (χ1v) is 11.7. The molecule has 0 bridgehead atoms. The number of hydrogen-bond donors (Lipinski definition) is 4. The van der Waals surface area contributed by atoms with Gasteiger partial charge in [0, 0.05) is 45.7 Å². The third-order valence-electron chi connectivity index (χ3n) is 5.60. The number of carbonyl (C=O) groups is 4. The molecule has 1 rings (SSSR count). The van der Waals surface area contributed by atoms with Crippen LogP contribution in [-0.4, -0.2) is 129 Å². The normalized spacial score (nSPS) is 18.8. The van der Waals surface area contributed by atoms with E-state index in [9.17, 15) is 19.2 Å². The van der Waals surface area contributed by atoms with Gasteiger partial charge >= 0.3 is 0 Å². The second-order valence-electron chi connectivity index (χ2n) is 8.35. The van der Waals surface area contributed by atoms with Crippen molar-refractivity contribution in [1.82, 2.24) is 30.2 Å². The standard InChI is InChI=1S/C21H42N8O4/c22-5-1-4-20(32)14-26-6-2-8-28(16-24-18-30)12-13-29(17-25-19-31)9-3-7-27(11-10-26)15-21(23)33/h18-19H,1-17,22H2,(H2,23,33)(H,24,30)(H,25,31). The van der Waals surface area contributed by atoms with Crippen LogP contribution in [0.2, 0.25) is 0 Å². The molecule has 0 spiro atoms. The maximum Gasteiger partial charge on any atom is 0.231 e. The van der Waals surface area contributed by atoms with E-state index in [1.54, 1.807) is 0 Å². The fraction of sp³-hybridized carbons (Fsp3) is 0.810. The predicted molar refractivity (Wildman–Crippen MR) is 126 cm³/mol. The van der Waals surface area contributed by atoms with Gasteiger partial charge in [0.15, 0.2) is 0 Å². The highest BCUT2D eigenvalue weighted by Gasteiger charge is 2.17. The number of Topliss-reactive ketones (excluding diaryl/α,β-unsaturated/α-hetero) is 1. The molecule has 12 heteroatoms. The van der Waals surface area contributed by atoms with Crippen molar-refractivity contribution in [2.24, 2.45) is 11.5 Å². The van der Waals surface area contributed by atoms with E-state index in [4.69, 9.17) is 11.5 Å². The van der Waals surface area contributed by atoms with E-state index < -0.39 is 0 Å². The lowest BCUT2D eigenvalue weighted by molar-refractivity contribution is -0.121. The number of rotatable bonds is 13. The minimum atomic E-state index is -0.375. The van der Waals surface area contributed by atoms with Crippen LogP contribution < -0.4 is 22.1 Å². The molecule has 1 saturated heterocycles. The Hall–Kier alpha value is -2.12. The zero-order valence-corrected chi connectivity index (χ0v) is 19.8. The van der Waals surface area contributed by atoms with Crippen LogP contribution in [0.4, 0.5) is 0 Å². The molecule has 0 unspecified atom stereocenters. The molecule has 12 nitrogen and oxygen atoms in total. The van der Waals surface area contributed by atoms with Crippen LogP contribution in [0.5, 0.6) is 0 Å². The predicted octanol–water partition coefficient (Wildman–Crippen LogP) is -2.81. The Labute approximate surface area is 196 Å². The number of primary amides is 1. The Morgan fingerprint density at radius 2 is 1.18 bits per heavy atom. The fourth-order valence-electron chi connectivity index (χ4n) is 3.86. The Bertz CT molecular complexity index is 580. The summed E-state index contributed by atoms with van der Waals surface area (Å²) in [6, 6.07) is 0. The molecule has 1 aliphatic heterocycles. The molecule has 1 aliphatic rings. The maximum atomic E-state index is 12.4. The van der Waals surface area contributed by atoms with Gasteiger partial charge in [0.2, 0.25) is 18.7 Å². The van der Waals surface area contributed by atoms with Gasteiger partial charge in [-0.05, 0) is 38.9 Å². The van der Waals surface area contributed by atoms with Crippen molar-refractivity contribution in [3.63, 3.8) is 0 Å². The van der Waals surface area contributed by atoms with Crippen molar-refractivity contribution in [1.29, 1.82) is 0 Å². The summed E-state index contributed by atoms with van der Waals surface area (Å²) in [7, 11) is 0. The van der Waals surface area contributed by atoms with Gasteiger partial charge in [-0.2, -0.15) is 0 Å². The van der Waals surface area contributed by atoms with Crippen LogP contribution in [0.25, 0.3) is 0 Å². The van der Waals surface area contributed by atoms with Crippen LogP contribution in [0.1, 0.15) is 25.7 Å². The van der Waals surface area contributed by atoms with Gasteiger partial charge < -0.3 is 22.1 Å². The van der Waals surface area contributed by atoms with E-state index in [0.29, 0.717) is 71.7 Å². The molecule has 1 heterocycles. The molecule has 0 aromatic heterocycles. The summed E-state index contributed by atoms with van der Waals surface area (Å²) in [6.07, 6.45) is 4.15. The second kappa shape index (κ2) is 18.3. The number of hydrogen-bond acceptors (Lipinski definition) is 9. The van der Waals surface area contributed by atoms with Gasteiger partial charge in [-0.3, -0.25) is 38.8 Å². The van der Waals surface area contributed by atoms with Gasteiger partial charge in [-0.15, -0.1) is 0 Å². The topological polar surface area (TPSA) is 157 Å². The lowest BCUT2D eigenvalue weighted by Crippen LogP contribution is -2.46. The average molecular weight is 471 g/mol. The van der Waals surface area contributed by atoms with E-state index in [-0.39, 0.29) is 18.2 Å². The molecule has 6 N–H and O–H groups in total. The quantitative estimate of drug-likeness (QED) is 0.209. The second-order valence-corrected chi connectivity index (χ2v) is 8.35. The Balaban J connectivity index is 2.85. The zero-order chi connectivity index (χ0) is 24.3. The van der Waals surface area contributed by atoms with Crippen molar-refractivity contribution in [2.75, 3.05) is 85.3 Å². The Kier molecular flexibility index (Phi) is 16.1. The summed E-state index contributed by atoms with van der Waals surface area (Å²) in [5, 5.41) is 5.44. The molecular weight excluding hydrogens is 428 g/mol. The van der Waals surface area contributed by atoms with E-state index >= 15 is 0 Å². The van der Waals surface area contributed by atoms with Crippen LogP contribution in [0, 0.1) is 0 Å². The molecule has 0 saturated carbocycles. The number of carbonyl (C=O) groups excluding carboxylic acids is 4. The molecule has 0 aliphatic carbocycles. The van der Waals surface area contributed by atoms with Crippen LogP contribution in [0.15, 0.2) is 0 Å². The molecule has 3 amide bonds. The van der Waals surface area contributed by atoms with Gasteiger partial charge in [0.1, 0.15) is 5.78 Å². The minimum absolute atomic E-state index is 0.167. The average Bonchev–Trinajstić information content (AvgIpc) is 2.78. The van der Waals surface area contributed by atoms with Crippen molar-refractivity contribution < 1.29 is 19.2 Å². The summed E-state index contributed by atoms with van der Waals surface area (Å²) in [5.41, 5.74) is 11.0. The summed E-state index contributed by atoms with van der Waals surface area (Å²) >= 11 is 0. The van der Waals surface area contributed by atoms with E-state index in [2.05, 4.69) is 25.3 Å². The monoisotopic (exact) mass is 470 g/mol. The highest BCUT2D eigenvalue weighted by molar-refractivity contribution is 5.80. The molecule has 0 aromatic rings. The number of nitrogens with zero attached hydrogens (tertiary/aromatic N) is 4. The van der Waals surface area contributed by atoms with Crippen LogP contribution in [0.3, 0.4) is 0 Å². The fourth-order valence-corrected chi connectivity index (χ4v) is 3.86. The first-order chi connectivity index (χ1) is 16.0. The van der Waals surface area contributed by atoms with Gasteiger partial charge in [0.25, 0.3) is 0 Å². The van der Waals surface area contributed by atoms with Crippen LogP contribution in [-0.2, 0) is 19.2 Å². The molecule has 0 radical (unpaired) electrons. The Morgan fingerprint density at radius 3 is 1.64 bits per heavy atom. The van der Waals surface area contributed by atoms with Gasteiger partial charge in [-0.1, -0.05) is 0 Å². The lowest BCUT2D eigenvalue weighted by Gasteiger charge is -2.31. The third kappa shape index (κ3) is 14.6. The first-order valence-electron chi connectivity index (χ1n) is 11.7. The van der Waals surface area contributed by atoms with E-state index in [1.807, 2.05) is 4.90 Å². The van der Waals surface area contributed by atoms with Gasteiger partial charge in [0.05, 0.1) is 26.4 Å². The Morgan fingerprint density at radius 1 is 0.727 bits per heavy atom. The van der Waals surface area contributed by atoms with E-state index in [0.717, 1.165) is 45.6 Å². The summed E-state index contributed by atoms with van der Waals surface area (Å²) in [5.74, 6) is -0.208. The molecule has 1 fully saturated rings. The molecule has 0 aromatic carbocycles. The smallest absolute Gasteiger partial charge is 0.231 e. The van der Waals surface area contributed by atoms with Crippen molar-refractivity contribution >= 4 is 24.5 Å². The zero-order valence-electron chi connectivity index (χ0n) is 19.8. The summed E-state index contributed by atoms with van der Waals surface area (Å²) < 4.78 is 0. The largest absolute Gasteiger partial charge is 0.369 e. The third-order valence-corrected chi connectivity index (χ3v) is 5.60. The maximum absolute atomic E-state index is 12.4. The SMILES string of the molecule is NCCCC(=O)CN1CCCN(CNC=O)CCN(CNC=O)CCCN(CC(N)=O)CC1. The molecular formula is C21H42N8O4. The van der Waals surface area contributed by atoms with Crippen molar-refractivity contribution in [2.45, 2.75) is 25.7 Å². The van der Waals surface area contributed by atoms with Crippen molar-refractivity contribution in [3.8, 4) is 0 Å². The number of nitrogens with two attached hydrogens (primary N) is 2. The summed E-state index contributed by atoms with van der Waals surface area (Å²) in [4.78, 5) is 53.9. The first kappa shape index (κ1) is 28.9. The van der Waals surface area contributed by atoms with Crippen LogP contribution >= 0.6 is 0 Å². The molecule has 33 heavy (non-hydrogen) atoms. The lowest BCUT2D eigenvalue weighted by atomic mass is 10.2. The molecule has 190 valence electrons. The number of ketones is 1. The minimum Gasteiger partial charge on any atom is -0.369 e. The highest BCUT2D eigenvalue weighted by Crippen LogP contribution is 2.03. The van der Waals surface area contributed by atoms with Gasteiger partial charge in [-0.25, -0.2) is 0 Å². The number of nitrogens with one attached hydrogen (secondary N) is 2. The van der Waals surface area contributed by atoms with E-state index in [1.165, 1.54) is 0 Å².